The Bertz CT molecular complexity index is 632. The lowest BCUT2D eigenvalue weighted by Gasteiger charge is -2.33. The van der Waals surface area contributed by atoms with Crippen LogP contribution >= 0.6 is 40.4 Å². The maximum Gasteiger partial charge on any atom is 0.339 e. The second-order valence-electron chi connectivity index (χ2n) is 6.69. The van der Waals surface area contributed by atoms with Gasteiger partial charge in [0.1, 0.15) is 17.9 Å². The van der Waals surface area contributed by atoms with Gasteiger partial charge in [-0.2, -0.15) is 25.3 Å². The molecule has 0 aromatic rings. The smallest absolute Gasteiger partial charge is 0.339 e. The third-order valence-corrected chi connectivity index (χ3v) is 5.72. The predicted molar refractivity (Wildman–Crippen MR) is 109 cm³/mol. The van der Waals surface area contributed by atoms with E-state index >= 15 is 0 Å². The quantitative estimate of drug-likeness (QED) is 0.144. The Balaban J connectivity index is 0. The van der Waals surface area contributed by atoms with Crippen LogP contribution in [-0.2, 0) is 18.7 Å². The topological polar surface area (TPSA) is 205 Å². The Hall–Kier alpha value is -0.140. The molecule has 0 spiro atoms. The van der Waals surface area contributed by atoms with Crippen LogP contribution in [0, 0.1) is 0 Å². The molecule has 168 valence electrons. The van der Waals surface area contributed by atoms with Gasteiger partial charge in [0.15, 0.2) is 0 Å². The number of carbonyl (C=O) groups is 2. The van der Waals surface area contributed by atoms with E-state index in [1.165, 1.54) is 14.0 Å². The predicted octanol–water partition coefficient (Wildman–Crippen LogP) is -0.301. The molecule has 0 aromatic heterocycles. The standard InChI is InChI=1S/2C6H14NO5PS/c1-6(3-14,5(8)9)7(2)4-13(10,11)12;1-6(2,14)4(5(8)9)7-3-13(10,11)12/h14H,3-4H2,1-2H3,(H,8,9)(H2,10,11,12);4,7,14H,3H2,1-2H3,(H,8,9)(H2,10,11,12)/t6-;4-/m01/s1. The second kappa shape index (κ2) is 11.3. The second-order valence-corrected chi connectivity index (χ2v) is 11.4. The van der Waals surface area contributed by atoms with Gasteiger partial charge in [-0.15, -0.1) is 0 Å². The number of hydrogen-bond acceptors (Lipinski definition) is 8. The van der Waals surface area contributed by atoms with Crippen molar-refractivity contribution < 1.29 is 48.5 Å². The van der Waals surface area contributed by atoms with Crippen molar-refractivity contribution in [2.45, 2.75) is 37.1 Å². The van der Waals surface area contributed by atoms with Crippen molar-refractivity contribution in [1.82, 2.24) is 10.2 Å². The lowest BCUT2D eigenvalue weighted by atomic mass is 10.0. The van der Waals surface area contributed by atoms with Crippen molar-refractivity contribution in [3.8, 4) is 0 Å². The van der Waals surface area contributed by atoms with E-state index in [4.69, 9.17) is 29.8 Å². The van der Waals surface area contributed by atoms with Crippen molar-refractivity contribution in [1.29, 1.82) is 0 Å². The van der Waals surface area contributed by atoms with Gasteiger partial charge >= 0.3 is 27.1 Å². The average molecular weight is 486 g/mol. The Morgan fingerprint density at radius 1 is 1.07 bits per heavy atom. The van der Waals surface area contributed by atoms with Crippen LogP contribution < -0.4 is 5.32 Å². The first-order chi connectivity index (χ1) is 12.2. The highest BCUT2D eigenvalue weighted by atomic mass is 32.1. The highest BCUT2D eigenvalue weighted by Crippen LogP contribution is 2.37. The van der Waals surface area contributed by atoms with Crippen LogP contribution in [0.3, 0.4) is 0 Å². The molecular weight excluding hydrogens is 458 g/mol. The van der Waals surface area contributed by atoms with Gasteiger partial charge in [-0.25, -0.2) is 0 Å². The van der Waals surface area contributed by atoms with Gasteiger partial charge in [0.2, 0.25) is 0 Å². The molecule has 0 aromatic carbocycles. The third kappa shape index (κ3) is 12.4. The highest BCUT2D eigenvalue weighted by molar-refractivity contribution is 7.81. The van der Waals surface area contributed by atoms with Crippen molar-refractivity contribution >= 4 is 52.4 Å². The van der Waals surface area contributed by atoms with Gasteiger partial charge in [0, 0.05) is 10.5 Å². The largest absolute Gasteiger partial charge is 0.480 e. The number of likely N-dealkylation sites (N-methyl/N-ethyl adjacent to an activating group) is 1. The van der Waals surface area contributed by atoms with Crippen LogP contribution in [-0.4, -0.2) is 88.3 Å². The van der Waals surface area contributed by atoms with Crippen LogP contribution in [0.25, 0.3) is 0 Å². The number of aliphatic carboxylic acids is 2. The first-order valence-corrected chi connectivity index (χ1v) is 12.2. The average Bonchev–Trinajstić information content (AvgIpc) is 2.41. The molecule has 7 N–H and O–H groups in total. The summed E-state index contributed by atoms with van der Waals surface area (Å²) in [5, 5.41) is 19.9. The summed E-state index contributed by atoms with van der Waals surface area (Å²) in [6.45, 7) is 4.45. The summed E-state index contributed by atoms with van der Waals surface area (Å²) in [4.78, 5) is 57.1. The molecule has 0 rings (SSSR count). The van der Waals surface area contributed by atoms with E-state index in [2.05, 4.69) is 30.6 Å². The van der Waals surface area contributed by atoms with Crippen molar-refractivity contribution in [2.75, 3.05) is 25.4 Å². The number of carboxylic acid groups (broad SMARTS) is 2. The fraction of sp³-hybridized carbons (Fsp3) is 0.833. The summed E-state index contributed by atoms with van der Waals surface area (Å²) < 4.78 is 20.3. The number of carboxylic acids is 2. The zero-order valence-corrected chi connectivity index (χ0v) is 19.3. The zero-order valence-electron chi connectivity index (χ0n) is 15.8. The minimum atomic E-state index is -4.24. The Labute approximate surface area is 173 Å². The first-order valence-electron chi connectivity index (χ1n) is 7.50. The molecule has 0 unspecified atom stereocenters. The Morgan fingerprint density at radius 3 is 1.71 bits per heavy atom. The van der Waals surface area contributed by atoms with E-state index in [9.17, 15) is 18.7 Å². The molecule has 0 aliphatic carbocycles. The third-order valence-electron chi connectivity index (χ3n) is 3.46. The molecule has 28 heavy (non-hydrogen) atoms. The molecule has 0 heterocycles. The number of rotatable bonds is 10. The molecule has 0 saturated heterocycles. The molecule has 12 nitrogen and oxygen atoms in total. The fourth-order valence-corrected chi connectivity index (χ4v) is 3.50. The van der Waals surface area contributed by atoms with E-state index in [1.807, 2.05) is 0 Å². The number of hydrogen-bond donors (Lipinski definition) is 9. The molecule has 0 bridgehead atoms. The van der Waals surface area contributed by atoms with Crippen LogP contribution in [0.15, 0.2) is 0 Å². The minimum Gasteiger partial charge on any atom is -0.480 e. The molecule has 16 heteroatoms. The summed E-state index contributed by atoms with van der Waals surface area (Å²) in [7, 11) is -7.14. The summed E-state index contributed by atoms with van der Waals surface area (Å²) in [6.07, 6.45) is -1.27. The molecule has 2 atom stereocenters. The SMILES string of the molecule is CC(C)(S)[C@H](NCP(=O)(O)O)C(=O)O.CN(CP(=O)(O)O)[C@@](C)(CS)C(=O)O. The van der Waals surface area contributed by atoms with Gasteiger partial charge < -0.3 is 29.8 Å². The van der Waals surface area contributed by atoms with Gasteiger partial charge in [-0.3, -0.25) is 28.9 Å². The van der Waals surface area contributed by atoms with Crippen molar-refractivity contribution in [2.24, 2.45) is 0 Å². The van der Waals surface area contributed by atoms with Crippen LogP contribution in [0.1, 0.15) is 20.8 Å². The lowest BCUT2D eigenvalue weighted by molar-refractivity contribution is -0.147. The van der Waals surface area contributed by atoms with Crippen molar-refractivity contribution in [3.05, 3.63) is 0 Å². The highest BCUT2D eigenvalue weighted by Gasteiger charge is 2.38. The number of nitrogens with zero attached hydrogens (tertiary/aromatic N) is 1. The van der Waals surface area contributed by atoms with E-state index < -0.39 is 56.0 Å². The normalized spacial score (nSPS) is 16.0. The fourth-order valence-electron chi connectivity index (χ4n) is 1.63. The van der Waals surface area contributed by atoms with E-state index in [1.54, 1.807) is 13.8 Å². The zero-order chi connectivity index (χ0) is 23.1. The maximum atomic E-state index is 10.8. The van der Waals surface area contributed by atoms with Crippen LogP contribution in [0.4, 0.5) is 0 Å². The molecule has 0 saturated carbocycles. The van der Waals surface area contributed by atoms with Gasteiger partial charge in [0.25, 0.3) is 0 Å². The molecule has 0 amide bonds. The summed E-state index contributed by atoms with van der Waals surface area (Å²) in [6, 6.07) is -1.11. The van der Waals surface area contributed by atoms with Crippen LogP contribution in [0.5, 0.6) is 0 Å². The molecule has 0 aliphatic rings. The molecule has 0 radical (unpaired) electrons. The number of thiol groups is 2. The first kappa shape index (κ1) is 30.1. The lowest BCUT2D eigenvalue weighted by Crippen LogP contribution is -2.52. The summed E-state index contributed by atoms with van der Waals surface area (Å²) >= 11 is 7.88. The van der Waals surface area contributed by atoms with Gasteiger partial charge in [0.05, 0.1) is 6.29 Å². The van der Waals surface area contributed by atoms with E-state index in [-0.39, 0.29) is 5.75 Å². The molecule has 0 fully saturated rings. The minimum absolute atomic E-state index is 0.0289. The Morgan fingerprint density at radius 2 is 1.50 bits per heavy atom. The monoisotopic (exact) mass is 486 g/mol. The van der Waals surface area contributed by atoms with E-state index in [0.29, 0.717) is 0 Å². The van der Waals surface area contributed by atoms with E-state index in [0.717, 1.165) is 4.90 Å². The summed E-state index contributed by atoms with van der Waals surface area (Å²) in [5.41, 5.74) is -1.37. The maximum absolute atomic E-state index is 10.8. The Kier molecular flexibility index (Phi) is 12.1. The number of nitrogens with one attached hydrogen (secondary N) is 1. The van der Waals surface area contributed by atoms with Crippen molar-refractivity contribution in [3.63, 3.8) is 0 Å². The molecule has 0 aliphatic heterocycles. The van der Waals surface area contributed by atoms with Gasteiger partial charge in [-0.05, 0) is 27.8 Å². The summed E-state index contributed by atoms with van der Waals surface area (Å²) in [5.74, 6) is -2.39. The molecular formula is C12H28N2O10P2S2. The van der Waals surface area contributed by atoms with Crippen LogP contribution in [0.2, 0.25) is 0 Å². The van der Waals surface area contributed by atoms with Gasteiger partial charge in [-0.1, -0.05) is 0 Å².